The van der Waals surface area contributed by atoms with E-state index in [0.29, 0.717) is 19.4 Å². The van der Waals surface area contributed by atoms with Crippen LogP contribution in [0.25, 0.3) is 0 Å². The number of imide groups is 1. The van der Waals surface area contributed by atoms with Crippen LogP contribution in [0.2, 0.25) is 0 Å². The second kappa shape index (κ2) is 5.74. The second-order valence-electron chi connectivity index (χ2n) is 4.29. The highest BCUT2D eigenvalue weighted by molar-refractivity contribution is 6.00. The lowest BCUT2D eigenvalue weighted by Gasteiger charge is -2.23. The standard InChI is InChI=1S/C11H16N4O3/c16-8(7-15-5-1-4-13-15)6-12-9-2-3-10(17)14-11(9)18/h1,4-5,8-9,12,16H,2-3,6-7H2,(H,14,17,18). The summed E-state index contributed by atoms with van der Waals surface area (Å²) < 4.78 is 1.62. The maximum Gasteiger partial charge on any atom is 0.243 e. The van der Waals surface area contributed by atoms with Crippen LogP contribution in [0.1, 0.15) is 12.8 Å². The van der Waals surface area contributed by atoms with Gasteiger partial charge >= 0.3 is 0 Å². The van der Waals surface area contributed by atoms with Gasteiger partial charge in [0.05, 0.1) is 18.7 Å². The van der Waals surface area contributed by atoms with Crippen molar-refractivity contribution in [3.8, 4) is 0 Å². The summed E-state index contributed by atoms with van der Waals surface area (Å²) >= 11 is 0. The smallest absolute Gasteiger partial charge is 0.243 e. The van der Waals surface area contributed by atoms with Gasteiger partial charge < -0.3 is 10.4 Å². The molecule has 1 aromatic heterocycles. The van der Waals surface area contributed by atoms with E-state index in [2.05, 4.69) is 15.7 Å². The zero-order valence-corrected chi connectivity index (χ0v) is 9.87. The number of carbonyl (C=O) groups excluding carboxylic acids is 2. The zero-order chi connectivity index (χ0) is 13.0. The van der Waals surface area contributed by atoms with E-state index in [-0.39, 0.29) is 18.4 Å². The largest absolute Gasteiger partial charge is 0.390 e. The molecule has 1 fully saturated rings. The van der Waals surface area contributed by atoms with Gasteiger partial charge in [-0.2, -0.15) is 5.10 Å². The van der Waals surface area contributed by atoms with E-state index in [4.69, 9.17) is 0 Å². The van der Waals surface area contributed by atoms with E-state index in [9.17, 15) is 14.7 Å². The third-order valence-corrected chi connectivity index (χ3v) is 2.80. The summed E-state index contributed by atoms with van der Waals surface area (Å²) in [5.41, 5.74) is 0. The number of hydrogen-bond acceptors (Lipinski definition) is 5. The average molecular weight is 252 g/mol. The van der Waals surface area contributed by atoms with Crippen molar-refractivity contribution in [2.75, 3.05) is 6.54 Å². The van der Waals surface area contributed by atoms with Crippen LogP contribution >= 0.6 is 0 Å². The van der Waals surface area contributed by atoms with E-state index >= 15 is 0 Å². The Morgan fingerprint density at radius 3 is 3.11 bits per heavy atom. The van der Waals surface area contributed by atoms with Crippen molar-refractivity contribution < 1.29 is 14.7 Å². The number of nitrogens with zero attached hydrogens (tertiary/aromatic N) is 2. The molecule has 98 valence electrons. The van der Waals surface area contributed by atoms with Gasteiger partial charge in [-0.3, -0.25) is 19.6 Å². The Kier molecular flexibility index (Phi) is 4.06. The lowest BCUT2D eigenvalue weighted by molar-refractivity contribution is -0.134. The lowest BCUT2D eigenvalue weighted by Crippen LogP contribution is -2.52. The highest BCUT2D eigenvalue weighted by Gasteiger charge is 2.26. The van der Waals surface area contributed by atoms with Gasteiger partial charge in [0.25, 0.3) is 0 Å². The van der Waals surface area contributed by atoms with Crippen molar-refractivity contribution in [2.45, 2.75) is 31.5 Å². The molecular formula is C11H16N4O3. The van der Waals surface area contributed by atoms with E-state index in [1.807, 2.05) is 0 Å². The molecule has 2 atom stereocenters. The van der Waals surface area contributed by atoms with Gasteiger partial charge in [-0.1, -0.05) is 0 Å². The summed E-state index contributed by atoms with van der Waals surface area (Å²) in [4.78, 5) is 22.4. The number of aliphatic hydroxyl groups excluding tert-OH is 1. The molecule has 2 heterocycles. The van der Waals surface area contributed by atoms with Crippen molar-refractivity contribution >= 4 is 11.8 Å². The summed E-state index contributed by atoms with van der Waals surface area (Å²) in [6.45, 7) is 0.652. The number of nitrogens with one attached hydrogen (secondary N) is 2. The minimum absolute atomic E-state index is 0.241. The van der Waals surface area contributed by atoms with Crippen molar-refractivity contribution in [3.63, 3.8) is 0 Å². The number of hydrogen-bond donors (Lipinski definition) is 3. The summed E-state index contributed by atoms with van der Waals surface area (Å²) in [5.74, 6) is -0.562. The van der Waals surface area contributed by atoms with Gasteiger partial charge in [-0.25, -0.2) is 0 Å². The van der Waals surface area contributed by atoms with Crippen LogP contribution in [0.5, 0.6) is 0 Å². The fourth-order valence-corrected chi connectivity index (χ4v) is 1.86. The minimum Gasteiger partial charge on any atom is -0.390 e. The minimum atomic E-state index is -0.629. The van der Waals surface area contributed by atoms with Crippen LogP contribution in [0.3, 0.4) is 0 Å². The summed E-state index contributed by atoms with van der Waals surface area (Å²) in [6, 6.07) is 1.37. The van der Waals surface area contributed by atoms with Crippen LogP contribution in [-0.2, 0) is 16.1 Å². The quantitative estimate of drug-likeness (QED) is 0.562. The van der Waals surface area contributed by atoms with E-state index < -0.39 is 12.1 Å². The molecule has 0 aliphatic carbocycles. The number of rotatable bonds is 5. The SMILES string of the molecule is O=C1CCC(NCC(O)Cn2cccn2)C(=O)N1. The number of carbonyl (C=O) groups is 2. The molecule has 0 saturated carbocycles. The first-order valence-electron chi connectivity index (χ1n) is 5.87. The monoisotopic (exact) mass is 252 g/mol. The van der Waals surface area contributed by atoms with Gasteiger partial charge in [-0.05, 0) is 12.5 Å². The molecule has 1 aliphatic heterocycles. The highest BCUT2D eigenvalue weighted by atomic mass is 16.3. The number of aliphatic hydroxyl groups is 1. The van der Waals surface area contributed by atoms with Crippen molar-refractivity contribution in [2.24, 2.45) is 0 Å². The molecule has 18 heavy (non-hydrogen) atoms. The molecule has 1 aliphatic rings. The van der Waals surface area contributed by atoms with Crippen molar-refractivity contribution in [3.05, 3.63) is 18.5 Å². The second-order valence-corrected chi connectivity index (χ2v) is 4.29. The Labute approximate surface area is 104 Å². The van der Waals surface area contributed by atoms with Crippen molar-refractivity contribution in [1.82, 2.24) is 20.4 Å². The van der Waals surface area contributed by atoms with Gasteiger partial charge in [-0.15, -0.1) is 0 Å². The average Bonchev–Trinajstić information content (AvgIpc) is 2.80. The fraction of sp³-hybridized carbons (Fsp3) is 0.545. The molecule has 1 saturated heterocycles. The molecule has 0 aromatic carbocycles. The van der Waals surface area contributed by atoms with E-state index in [1.54, 1.807) is 23.1 Å². The number of piperidine rings is 1. The Morgan fingerprint density at radius 2 is 2.44 bits per heavy atom. The fourth-order valence-electron chi connectivity index (χ4n) is 1.86. The molecule has 7 nitrogen and oxygen atoms in total. The molecule has 1 aromatic rings. The predicted octanol–water partition coefficient (Wildman–Crippen LogP) is -1.36. The van der Waals surface area contributed by atoms with Crippen molar-refractivity contribution in [1.29, 1.82) is 0 Å². The topological polar surface area (TPSA) is 96.2 Å². The van der Waals surface area contributed by atoms with E-state index in [1.165, 1.54) is 0 Å². The van der Waals surface area contributed by atoms with Gasteiger partial charge in [0, 0.05) is 25.4 Å². The van der Waals surface area contributed by atoms with Gasteiger partial charge in [0.15, 0.2) is 0 Å². The van der Waals surface area contributed by atoms with Crippen LogP contribution in [0, 0.1) is 0 Å². The van der Waals surface area contributed by atoms with Crippen LogP contribution in [-0.4, -0.2) is 45.4 Å². The molecule has 0 radical (unpaired) electrons. The molecular weight excluding hydrogens is 236 g/mol. The van der Waals surface area contributed by atoms with Crippen LogP contribution in [0.15, 0.2) is 18.5 Å². The lowest BCUT2D eigenvalue weighted by atomic mass is 10.1. The maximum absolute atomic E-state index is 11.4. The first-order valence-corrected chi connectivity index (χ1v) is 5.87. The van der Waals surface area contributed by atoms with Gasteiger partial charge in [0.1, 0.15) is 0 Å². The number of amides is 2. The molecule has 2 amide bonds. The molecule has 7 heteroatoms. The number of aromatic nitrogens is 2. The summed E-state index contributed by atoms with van der Waals surface area (Å²) in [7, 11) is 0. The van der Waals surface area contributed by atoms with Gasteiger partial charge in [0.2, 0.25) is 11.8 Å². The third-order valence-electron chi connectivity index (χ3n) is 2.80. The Balaban J connectivity index is 1.74. The van der Waals surface area contributed by atoms with Crippen LogP contribution in [0.4, 0.5) is 0 Å². The molecule has 3 N–H and O–H groups in total. The molecule has 2 rings (SSSR count). The van der Waals surface area contributed by atoms with Crippen LogP contribution < -0.4 is 10.6 Å². The Morgan fingerprint density at radius 1 is 1.61 bits per heavy atom. The Hall–Kier alpha value is -1.73. The zero-order valence-electron chi connectivity index (χ0n) is 9.87. The predicted molar refractivity (Wildman–Crippen MR) is 62.4 cm³/mol. The highest BCUT2D eigenvalue weighted by Crippen LogP contribution is 2.04. The Bertz CT molecular complexity index is 418. The normalized spacial score (nSPS) is 21.7. The maximum atomic E-state index is 11.4. The van der Waals surface area contributed by atoms with E-state index in [0.717, 1.165) is 0 Å². The molecule has 2 unspecified atom stereocenters. The molecule has 0 spiro atoms. The third kappa shape index (κ3) is 3.38. The first kappa shape index (κ1) is 12.7. The molecule has 0 bridgehead atoms. The summed E-state index contributed by atoms with van der Waals surface area (Å²) in [5, 5.41) is 19.0. The first-order chi connectivity index (χ1) is 8.65. The summed E-state index contributed by atoms with van der Waals surface area (Å²) in [6.07, 6.45) is 3.57.